The third kappa shape index (κ3) is 2.37. The van der Waals surface area contributed by atoms with Crippen molar-refractivity contribution in [3.8, 4) is 0 Å². The van der Waals surface area contributed by atoms with Crippen LogP contribution in [0, 0.1) is 11.8 Å². The minimum absolute atomic E-state index is 0.209. The zero-order chi connectivity index (χ0) is 15.7. The monoisotopic (exact) mass is 322 g/mol. The van der Waals surface area contributed by atoms with Crippen molar-refractivity contribution in [1.82, 2.24) is 0 Å². The van der Waals surface area contributed by atoms with Crippen molar-refractivity contribution >= 4 is 16.1 Å². The number of halogens is 1. The lowest BCUT2D eigenvalue weighted by molar-refractivity contribution is -0.223. The van der Waals surface area contributed by atoms with E-state index in [1.54, 1.807) is 0 Å². The molecule has 21 heavy (non-hydrogen) atoms. The normalized spacial score (nSPS) is 44.4. The van der Waals surface area contributed by atoms with E-state index in [4.69, 9.17) is 9.29 Å². The summed E-state index contributed by atoms with van der Waals surface area (Å²) in [5.41, 5.74) is -1.91. The van der Waals surface area contributed by atoms with E-state index in [9.17, 15) is 22.7 Å². The van der Waals surface area contributed by atoms with Crippen molar-refractivity contribution in [2.75, 3.05) is 0 Å². The average molecular weight is 322 g/mol. The Balaban J connectivity index is 1.84. The second-order valence-corrected chi connectivity index (χ2v) is 8.87. The lowest BCUT2D eigenvalue weighted by Gasteiger charge is -2.59. The Labute approximate surface area is 122 Å². The van der Waals surface area contributed by atoms with Gasteiger partial charge in [0.2, 0.25) is 0 Å². The Kier molecular flexibility index (Phi) is 3.01. The van der Waals surface area contributed by atoms with Crippen LogP contribution in [0.25, 0.3) is 0 Å². The SMILES string of the molecule is CC(F)(C(=O)OC12CC3CC(CC(O)(C3)C1)C2)S(=O)(=O)O. The maximum Gasteiger partial charge on any atom is 0.362 e. The predicted octanol–water partition coefficient (Wildman–Crippen LogP) is 1.19. The number of rotatable bonds is 3. The van der Waals surface area contributed by atoms with Crippen LogP contribution in [0.15, 0.2) is 0 Å². The summed E-state index contributed by atoms with van der Waals surface area (Å²) in [5, 5.41) is 7.00. The summed E-state index contributed by atoms with van der Waals surface area (Å²) in [6, 6.07) is 0. The molecular formula is C13H19FO6S. The number of hydrogen-bond acceptors (Lipinski definition) is 5. The molecule has 4 bridgehead atoms. The minimum atomic E-state index is -5.20. The summed E-state index contributed by atoms with van der Waals surface area (Å²) in [7, 11) is -5.20. The van der Waals surface area contributed by atoms with Gasteiger partial charge in [-0.3, -0.25) is 4.55 Å². The summed E-state index contributed by atoms with van der Waals surface area (Å²) in [4.78, 5) is 11.9. The Hall–Kier alpha value is -0.730. The van der Waals surface area contributed by atoms with Gasteiger partial charge in [0, 0.05) is 6.42 Å². The van der Waals surface area contributed by atoms with Crippen LogP contribution in [0.1, 0.15) is 45.4 Å². The van der Waals surface area contributed by atoms with E-state index in [2.05, 4.69) is 0 Å². The van der Waals surface area contributed by atoms with Gasteiger partial charge in [-0.25, -0.2) is 9.18 Å². The maximum absolute atomic E-state index is 14.0. The van der Waals surface area contributed by atoms with E-state index in [0.717, 1.165) is 6.42 Å². The molecular weight excluding hydrogens is 303 g/mol. The highest BCUT2D eigenvalue weighted by Crippen LogP contribution is 2.59. The molecule has 0 amide bonds. The van der Waals surface area contributed by atoms with Crippen LogP contribution in [0.2, 0.25) is 0 Å². The van der Waals surface area contributed by atoms with E-state index in [1.165, 1.54) is 0 Å². The number of carbonyl (C=O) groups excluding carboxylic acids is 1. The molecule has 3 unspecified atom stereocenters. The Morgan fingerprint density at radius 2 is 1.81 bits per heavy atom. The van der Waals surface area contributed by atoms with Gasteiger partial charge in [0.1, 0.15) is 5.60 Å². The molecule has 4 saturated carbocycles. The highest BCUT2D eigenvalue weighted by Gasteiger charge is 2.61. The molecule has 4 aliphatic rings. The Morgan fingerprint density at radius 3 is 2.24 bits per heavy atom. The van der Waals surface area contributed by atoms with E-state index < -0.39 is 32.3 Å². The van der Waals surface area contributed by atoms with Gasteiger partial charge < -0.3 is 9.84 Å². The highest BCUT2D eigenvalue weighted by molar-refractivity contribution is 7.87. The number of aliphatic hydroxyl groups is 1. The fourth-order valence-electron chi connectivity index (χ4n) is 4.64. The van der Waals surface area contributed by atoms with E-state index in [1.807, 2.05) is 0 Å². The molecule has 4 rings (SSSR count). The van der Waals surface area contributed by atoms with Crippen LogP contribution in [0.4, 0.5) is 4.39 Å². The fraction of sp³-hybridized carbons (Fsp3) is 0.923. The first-order chi connectivity index (χ1) is 9.45. The molecule has 8 heteroatoms. The number of alkyl halides is 1. The van der Waals surface area contributed by atoms with Crippen LogP contribution >= 0.6 is 0 Å². The van der Waals surface area contributed by atoms with E-state index in [0.29, 0.717) is 32.6 Å². The number of esters is 1. The summed E-state index contributed by atoms with van der Waals surface area (Å²) in [5.74, 6) is -1.18. The van der Waals surface area contributed by atoms with Crippen molar-refractivity contribution in [2.24, 2.45) is 11.8 Å². The number of ether oxygens (including phenoxy) is 1. The number of hydrogen-bond donors (Lipinski definition) is 2. The zero-order valence-corrected chi connectivity index (χ0v) is 12.5. The minimum Gasteiger partial charge on any atom is -0.456 e. The smallest absolute Gasteiger partial charge is 0.362 e. The molecule has 0 aliphatic heterocycles. The average Bonchev–Trinajstić information content (AvgIpc) is 2.22. The molecule has 4 aliphatic carbocycles. The molecule has 0 aromatic carbocycles. The lowest BCUT2D eigenvalue weighted by atomic mass is 9.52. The molecule has 3 atom stereocenters. The van der Waals surface area contributed by atoms with Gasteiger partial charge in [-0.2, -0.15) is 8.42 Å². The molecule has 0 heterocycles. The first-order valence-electron chi connectivity index (χ1n) is 7.07. The van der Waals surface area contributed by atoms with Gasteiger partial charge >= 0.3 is 21.1 Å². The second kappa shape index (κ2) is 4.17. The van der Waals surface area contributed by atoms with Crippen LogP contribution in [-0.2, 0) is 19.6 Å². The third-order valence-corrected chi connectivity index (χ3v) is 6.27. The first-order valence-corrected chi connectivity index (χ1v) is 8.51. The molecule has 2 N–H and O–H groups in total. The van der Waals surface area contributed by atoms with Gasteiger partial charge in [-0.15, -0.1) is 0 Å². The van der Waals surface area contributed by atoms with Gasteiger partial charge in [0.05, 0.1) is 5.60 Å². The summed E-state index contributed by atoms with van der Waals surface area (Å²) < 4.78 is 50.0. The van der Waals surface area contributed by atoms with Crippen LogP contribution in [0.3, 0.4) is 0 Å². The molecule has 120 valence electrons. The Morgan fingerprint density at radius 1 is 1.29 bits per heavy atom. The molecule has 0 radical (unpaired) electrons. The van der Waals surface area contributed by atoms with Crippen molar-refractivity contribution in [1.29, 1.82) is 0 Å². The van der Waals surface area contributed by atoms with Crippen molar-refractivity contribution < 1.29 is 32.0 Å². The standard InChI is InChI=1S/C13H19FO6S/c1-11(14,21(17,18)19)10(15)20-13-5-8-2-9(6-13)4-12(16,3-8)7-13/h8-9,16H,2-7H2,1H3,(H,17,18,19). The summed E-state index contributed by atoms with van der Waals surface area (Å²) in [6.45, 7) is 0.472. The topological polar surface area (TPSA) is 101 Å². The van der Waals surface area contributed by atoms with Crippen LogP contribution in [-0.4, -0.2) is 40.2 Å². The molecule has 0 saturated heterocycles. The predicted molar refractivity (Wildman–Crippen MR) is 69.5 cm³/mol. The van der Waals surface area contributed by atoms with E-state index in [-0.39, 0.29) is 18.3 Å². The Bertz CT molecular complexity index is 569. The maximum atomic E-state index is 14.0. The molecule has 6 nitrogen and oxygen atoms in total. The van der Waals surface area contributed by atoms with Crippen molar-refractivity contribution in [3.63, 3.8) is 0 Å². The first kappa shape index (κ1) is 15.2. The summed E-state index contributed by atoms with van der Waals surface area (Å²) in [6.07, 6.45) is 3.48. The quantitative estimate of drug-likeness (QED) is 0.598. The zero-order valence-electron chi connectivity index (χ0n) is 11.7. The van der Waals surface area contributed by atoms with Gasteiger partial charge in [0.15, 0.2) is 0 Å². The highest BCUT2D eigenvalue weighted by atomic mass is 32.2. The van der Waals surface area contributed by atoms with Crippen LogP contribution < -0.4 is 0 Å². The van der Waals surface area contributed by atoms with Crippen LogP contribution in [0.5, 0.6) is 0 Å². The third-order valence-electron chi connectivity index (χ3n) is 5.13. The number of carbonyl (C=O) groups is 1. The largest absolute Gasteiger partial charge is 0.456 e. The molecule has 4 fully saturated rings. The fourth-order valence-corrected chi connectivity index (χ4v) is 4.90. The van der Waals surface area contributed by atoms with Crippen molar-refractivity contribution in [2.45, 2.75) is 61.7 Å². The van der Waals surface area contributed by atoms with Gasteiger partial charge in [-0.1, -0.05) is 0 Å². The van der Waals surface area contributed by atoms with Crippen molar-refractivity contribution in [3.05, 3.63) is 0 Å². The summed E-state index contributed by atoms with van der Waals surface area (Å²) >= 11 is 0. The van der Waals surface area contributed by atoms with E-state index >= 15 is 0 Å². The lowest BCUT2D eigenvalue weighted by Crippen LogP contribution is -2.61. The van der Waals surface area contributed by atoms with Gasteiger partial charge in [-0.05, 0) is 50.9 Å². The van der Waals surface area contributed by atoms with Gasteiger partial charge in [0.25, 0.3) is 0 Å². The molecule has 0 aromatic heterocycles. The molecule has 0 spiro atoms. The second-order valence-electron chi connectivity index (χ2n) is 7.15. The molecule has 0 aromatic rings.